The number of hydrogen-bond acceptors (Lipinski definition) is 3. The molecule has 0 bridgehead atoms. The molecule has 1 atom stereocenters. The van der Waals surface area contributed by atoms with Crippen LogP contribution in [-0.4, -0.2) is 31.9 Å². The fourth-order valence-corrected chi connectivity index (χ4v) is 5.00. The molecule has 0 N–H and O–H groups in total. The number of hydrogen-bond donors (Lipinski definition) is 0. The molecule has 144 valence electrons. The van der Waals surface area contributed by atoms with Gasteiger partial charge >= 0.3 is 0 Å². The molecule has 0 unspecified atom stereocenters. The smallest absolute Gasteiger partial charge is 0.243 e. The molecular formula is C23H23NO3S. The highest BCUT2D eigenvalue weighted by atomic mass is 32.2. The van der Waals surface area contributed by atoms with Crippen molar-refractivity contribution in [3.05, 3.63) is 84.4 Å². The highest BCUT2D eigenvalue weighted by Crippen LogP contribution is 2.33. The normalized spacial score (nSPS) is 18.0. The van der Waals surface area contributed by atoms with Crippen LogP contribution in [0.2, 0.25) is 0 Å². The van der Waals surface area contributed by atoms with Crippen LogP contribution in [0.5, 0.6) is 5.75 Å². The molecule has 4 rings (SSSR count). The molecule has 1 heterocycles. The van der Waals surface area contributed by atoms with Crippen LogP contribution in [0.1, 0.15) is 11.1 Å². The van der Waals surface area contributed by atoms with Gasteiger partial charge < -0.3 is 4.74 Å². The van der Waals surface area contributed by atoms with E-state index in [0.29, 0.717) is 17.9 Å². The van der Waals surface area contributed by atoms with Crippen molar-refractivity contribution in [2.45, 2.75) is 24.3 Å². The molecule has 28 heavy (non-hydrogen) atoms. The summed E-state index contributed by atoms with van der Waals surface area (Å²) in [6.45, 7) is 6.44. The van der Waals surface area contributed by atoms with Gasteiger partial charge in [0.05, 0.1) is 11.4 Å². The summed E-state index contributed by atoms with van der Waals surface area (Å²) in [5.74, 6) is 0.829. The molecule has 0 fully saturated rings. The number of ether oxygens (including phenoxy) is 1. The first-order valence-corrected chi connectivity index (χ1v) is 10.8. The molecule has 0 amide bonds. The lowest BCUT2D eigenvalue weighted by Gasteiger charge is -2.30. The van der Waals surface area contributed by atoms with Crippen molar-refractivity contribution in [2.75, 3.05) is 13.1 Å². The Morgan fingerprint density at radius 1 is 1.07 bits per heavy atom. The molecule has 1 aliphatic heterocycles. The first kappa shape index (κ1) is 18.7. The SMILES string of the molecule is C=C[C@H]1CN(S(=O)(=O)c2ccc(C)cc2)CCc2ccc3ccccc3c2O1. The minimum Gasteiger partial charge on any atom is -0.484 e. The van der Waals surface area contributed by atoms with Crippen molar-refractivity contribution in [1.82, 2.24) is 4.31 Å². The minimum absolute atomic E-state index is 0.238. The molecule has 0 spiro atoms. The Bertz CT molecular complexity index is 1120. The van der Waals surface area contributed by atoms with E-state index in [0.717, 1.165) is 27.6 Å². The van der Waals surface area contributed by atoms with Gasteiger partial charge in [0, 0.05) is 11.9 Å². The number of benzene rings is 3. The molecular weight excluding hydrogens is 370 g/mol. The van der Waals surface area contributed by atoms with Crippen LogP contribution in [0.25, 0.3) is 10.8 Å². The van der Waals surface area contributed by atoms with Crippen LogP contribution in [-0.2, 0) is 16.4 Å². The molecule has 4 nitrogen and oxygen atoms in total. The third kappa shape index (κ3) is 3.43. The van der Waals surface area contributed by atoms with Crippen LogP contribution >= 0.6 is 0 Å². The minimum atomic E-state index is -3.60. The number of fused-ring (bicyclic) bond motifs is 3. The molecule has 3 aromatic carbocycles. The van der Waals surface area contributed by atoms with Crippen molar-refractivity contribution in [1.29, 1.82) is 0 Å². The summed E-state index contributed by atoms with van der Waals surface area (Å²) in [6, 6.07) is 19.1. The lowest BCUT2D eigenvalue weighted by molar-refractivity contribution is 0.203. The van der Waals surface area contributed by atoms with Crippen molar-refractivity contribution in [3.63, 3.8) is 0 Å². The molecule has 0 aromatic heterocycles. The van der Waals surface area contributed by atoms with Gasteiger partial charge in [-0.25, -0.2) is 8.42 Å². The van der Waals surface area contributed by atoms with E-state index < -0.39 is 16.1 Å². The fourth-order valence-electron chi connectivity index (χ4n) is 3.55. The number of rotatable bonds is 3. The zero-order chi connectivity index (χ0) is 19.7. The lowest BCUT2D eigenvalue weighted by atomic mass is 10.0. The van der Waals surface area contributed by atoms with E-state index in [2.05, 4.69) is 18.7 Å². The number of nitrogens with zero attached hydrogens (tertiary/aromatic N) is 1. The van der Waals surface area contributed by atoms with Gasteiger partial charge in [-0.1, -0.05) is 66.7 Å². The Hall–Kier alpha value is -2.63. The first-order valence-electron chi connectivity index (χ1n) is 9.36. The molecule has 0 saturated carbocycles. The average Bonchev–Trinajstić information content (AvgIpc) is 2.68. The van der Waals surface area contributed by atoms with Crippen LogP contribution in [0.15, 0.2) is 78.2 Å². The molecule has 5 heteroatoms. The number of aryl methyl sites for hydroxylation is 1. The predicted molar refractivity (Wildman–Crippen MR) is 112 cm³/mol. The molecule has 0 radical (unpaired) electrons. The second-order valence-electron chi connectivity index (χ2n) is 7.09. The first-order chi connectivity index (χ1) is 13.5. The summed E-state index contributed by atoms with van der Waals surface area (Å²) in [5, 5.41) is 2.15. The highest BCUT2D eigenvalue weighted by molar-refractivity contribution is 7.89. The summed E-state index contributed by atoms with van der Waals surface area (Å²) >= 11 is 0. The third-order valence-electron chi connectivity index (χ3n) is 5.17. The van der Waals surface area contributed by atoms with Gasteiger partial charge in [0.1, 0.15) is 11.9 Å². The summed E-state index contributed by atoms with van der Waals surface area (Å²) in [4.78, 5) is 0.306. The van der Waals surface area contributed by atoms with Crippen molar-refractivity contribution < 1.29 is 13.2 Å². The molecule has 3 aromatic rings. The Balaban J connectivity index is 1.72. The lowest BCUT2D eigenvalue weighted by Crippen LogP contribution is -2.41. The summed E-state index contributed by atoms with van der Waals surface area (Å²) < 4.78 is 34.1. The van der Waals surface area contributed by atoms with Crippen molar-refractivity contribution in [2.24, 2.45) is 0 Å². The van der Waals surface area contributed by atoms with Crippen molar-refractivity contribution >= 4 is 20.8 Å². The maximum Gasteiger partial charge on any atom is 0.243 e. The Morgan fingerprint density at radius 2 is 1.82 bits per heavy atom. The largest absolute Gasteiger partial charge is 0.484 e. The zero-order valence-electron chi connectivity index (χ0n) is 15.8. The van der Waals surface area contributed by atoms with E-state index in [-0.39, 0.29) is 6.54 Å². The molecule has 1 aliphatic rings. The van der Waals surface area contributed by atoms with Gasteiger partial charge in [-0.05, 0) is 36.4 Å². The van der Waals surface area contributed by atoms with Crippen molar-refractivity contribution in [3.8, 4) is 5.75 Å². The zero-order valence-corrected chi connectivity index (χ0v) is 16.7. The Morgan fingerprint density at radius 3 is 2.57 bits per heavy atom. The Kier molecular flexibility index (Phi) is 4.96. The van der Waals surface area contributed by atoms with Crippen LogP contribution in [0.3, 0.4) is 0 Å². The van der Waals surface area contributed by atoms with Gasteiger partial charge in [-0.3, -0.25) is 0 Å². The fraction of sp³-hybridized carbons (Fsp3) is 0.217. The van der Waals surface area contributed by atoms with Gasteiger partial charge in [-0.15, -0.1) is 0 Å². The van der Waals surface area contributed by atoms with E-state index >= 15 is 0 Å². The average molecular weight is 394 g/mol. The maximum absolute atomic E-state index is 13.2. The Labute approximate surface area is 166 Å². The summed E-state index contributed by atoms with van der Waals surface area (Å²) in [6.07, 6.45) is 1.84. The monoisotopic (exact) mass is 393 g/mol. The third-order valence-corrected chi connectivity index (χ3v) is 7.05. The molecule has 0 saturated heterocycles. The van der Waals surface area contributed by atoms with Gasteiger partial charge in [-0.2, -0.15) is 4.31 Å². The summed E-state index contributed by atoms with van der Waals surface area (Å²) in [5.41, 5.74) is 2.04. The molecule has 0 aliphatic carbocycles. The van der Waals surface area contributed by atoms with E-state index in [1.807, 2.05) is 43.3 Å². The second kappa shape index (κ2) is 7.41. The predicted octanol–water partition coefficient (Wildman–Crippen LogP) is 4.33. The quantitative estimate of drug-likeness (QED) is 0.622. The van der Waals surface area contributed by atoms with E-state index in [1.54, 1.807) is 18.2 Å². The van der Waals surface area contributed by atoms with Crippen LogP contribution < -0.4 is 4.74 Å². The number of sulfonamides is 1. The standard InChI is InChI=1S/C23H23NO3S/c1-3-20-16-24(28(25,26)21-12-8-17(2)9-13-21)15-14-19-11-10-18-6-4-5-7-22(18)23(19)27-20/h3-13,20H,1,14-16H2,2H3/t20-/m0/s1. The van der Waals surface area contributed by atoms with Gasteiger partial charge in [0.2, 0.25) is 10.0 Å². The second-order valence-corrected chi connectivity index (χ2v) is 9.03. The van der Waals surface area contributed by atoms with Crippen LogP contribution in [0, 0.1) is 6.92 Å². The van der Waals surface area contributed by atoms with Gasteiger partial charge in [0.15, 0.2) is 0 Å². The summed E-state index contributed by atoms with van der Waals surface area (Å²) in [7, 11) is -3.60. The topological polar surface area (TPSA) is 46.6 Å². The van der Waals surface area contributed by atoms with Gasteiger partial charge in [0.25, 0.3) is 0 Å². The highest BCUT2D eigenvalue weighted by Gasteiger charge is 2.29. The van der Waals surface area contributed by atoms with Crippen LogP contribution in [0.4, 0.5) is 0 Å². The van der Waals surface area contributed by atoms with E-state index in [9.17, 15) is 8.42 Å². The maximum atomic E-state index is 13.2. The van der Waals surface area contributed by atoms with E-state index in [4.69, 9.17) is 4.74 Å². The van der Waals surface area contributed by atoms with E-state index in [1.165, 1.54) is 4.31 Å².